The summed E-state index contributed by atoms with van der Waals surface area (Å²) in [6.45, 7) is 2.04. The number of aryl methyl sites for hydroxylation is 1. The Morgan fingerprint density at radius 3 is 2.71 bits per heavy atom. The van der Waals surface area contributed by atoms with Crippen LogP contribution in [0.4, 0.5) is 0 Å². The molecule has 108 valence electrons. The molecule has 0 bridgehead atoms. The van der Waals surface area contributed by atoms with Crippen LogP contribution < -0.4 is 5.73 Å². The number of hydrogen-bond acceptors (Lipinski definition) is 3. The van der Waals surface area contributed by atoms with Crippen LogP contribution in [0.25, 0.3) is 0 Å². The average Bonchev–Trinajstić information content (AvgIpc) is 2.45. The van der Waals surface area contributed by atoms with Gasteiger partial charge in [0.15, 0.2) is 5.17 Å². The Kier molecular flexibility index (Phi) is 6.02. The third-order valence-electron chi connectivity index (χ3n) is 2.66. The van der Waals surface area contributed by atoms with Gasteiger partial charge in [-0.05, 0) is 35.7 Å². The van der Waals surface area contributed by atoms with E-state index in [0.29, 0.717) is 5.17 Å². The van der Waals surface area contributed by atoms with Gasteiger partial charge < -0.3 is 5.73 Å². The standard InChI is InChI=1S/C16H16BrN3S/c1-12-7-14(9-15(17)8-12)10-19-20-16(18)21-11-13-5-3-2-4-6-13/h2-10H,11H2,1H3,(H2,18,20). The van der Waals surface area contributed by atoms with Crippen LogP contribution in [-0.4, -0.2) is 11.4 Å². The Morgan fingerprint density at radius 1 is 1.24 bits per heavy atom. The first-order valence-electron chi connectivity index (χ1n) is 6.44. The maximum absolute atomic E-state index is 5.84. The number of nitrogens with zero attached hydrogens (tertiary/aromatic N) is 2. The molecule has 21 heavy (non-hydrogen) atoms. The van der Waals surface area contributed by atoms with E-state index in [-0.39, 0.29) is 0 Å². The molecular weight excluding hydrogens is 346 g/mol. The molecule has 0 atom stereocenters. The summed E-state index contributed by atoms with van der Waals surface area (Å²) in [5.41, 5.74) is 9.21. The van der Waals surface area contributed by atoms with Gasteiger partial charge in [0.05, 0.1) is 6.21 Å². The van der Waals surface area contributed by atoms with Crippen LogP contribution in [0.15, 0.2) is 63.2 Å². The molecule has 0 unspecified atom stereocenters. The number of thioether (sulfide) groups is 1. The van der Waals surface area contributed by atoms with E-state index in [2.05, 4.69) is 38.3 Å². The van der Waals surface area contributed by atoms with Crippen LogP contribution in [0, 0.1) is 6.92 Å². The van der Waals surface area contributed by atoms with Gasteiger partial charge in [-0.25, -0.2) is 0 Å². The lowest BCUT2D eigenvalue weighted by Crippen LogP contribution is -2.06. The number of hydrogen-bond donors (Lipinski definition) is 1. The Hall–Kier alpha value is -1.59. The Labute approximate surface area is 137 Å². The molecule has 0 fully saturated rings. The second-order valence-corrected chi connectivity index (χ2v) is 6.43. The van der Waals surface area contributed by atoms with Crippen LogP contribution in [0.1, 0.15) is 16.7 Å². The zero-order valence-corrected chi connectivity index (χ0v) is 14.1. The van der Waals surface area contributed by atoms with Gasteiger partial charge >= 0.3 is 0 Å². The predicted molar refractivity (Wildman–Crippen MR) is 95.8 cm³/mol. The first-order valence-corrected chi connectivity index (χ1v) is 8.22. The minimum absolute atomic E-state index is 0.460. The summed E-state index contributed by atoms with van der Waals surface area (Å²) in [4.78, 5) is 0. The van der Waals surface area contributed by atoms with Gasteiger partial charge in [-0.1, -0.05) is 64.1 Å². The van der Waals surface area contributed by atoms with E-state index in [0.717, 1.165) is 15.8 Å². The van der Waals surface area contributed by atoms with Crippen molar-refractivity contribution in [2.75, 3.05) is 0 Å². The lowest BCUT2D eigenvalue weighted by molar-refractivity contribution is 1.25. The molecule has 0 saturated carbocycles. The Morgan fingerprint density at radius 2 is 2.00 bits per heavy atom. The first-order chi connectivity index (χ1) is 10.1. The van der Waals surface area contributed by atoms with Crippen molar-refractivity contribution in [1.82, 2.24) is 0 Å². The summed E-state index contributed by atoms with van der Waals surface area (Å²) < 4.78 is 1.03. The molecule has 0 aromatic heterocycles. The third kappa shape index (κ3) is 5.73. The van der Waals surface area contributed by atoms with Gasteiger partial charge in [-0.2, -0.15) is 5.10 Å². The molecule has 0 aliphatic carbocycles. The monoisotopic (exact) mass is 361 g/mol. The van der Waals surface area contributed by atoms with Gasteiger partial charge in [-0.3, -0.25) is 0 Å². The molecule has 0 aliphatic heterocycles. The lowest BCUT2D eigenvalue weighted by atomic mass is 10.2. The van der Waals surface area contributed by atoms with Gasteiger partial charge in [-0.15, -0.1) is 5.10 Å². The Balaban J connectivity index is 1.92. The molecule has 3 nitrogen and oxygen atoms in total. The fourth-order valence-electron chi connectivity index (χ4n) is 1.75. The van der Waals surface area contributed by atoms with E-state index >= 15 is 0 Å². The second kappa shape index (κ2) is 8.00. The molecule has 2 rings (SSSR count). The smallest absolute Gasteiger partial charge is 0.180 e. The quantitative estimate of drug-likeness (QED) is 0.500. The van der Waals surface area contributed by atoms with E-state index in [1.165, 1.54) is 22.9 Å². The zero-order valence-electron chi connectivity index (χ0n) is 11.7. The molecule has 0 amide bonds. The summed E-state index contributed by atoms with van der Waals surface area (Å²) in [6.07, 6.45) is 1.70. The third-order valence-corrected chi connectivity index (χ3v) is 3.97. The minimum Gasteiger partial charge on any atom is -0.377 e. The van der Waals surface area contributed by atoms with Crippen molar-refractivity contribution >= 4 is 39.1 Å². The van der Waals surface area contributed by atoms with E-state index in [9.17, 15) is 0 Å². The minimum atomic E-state index is 0.460. The van der Waals surface area contributed by atoms with Crippen LogP contribution >= 0.6 is 27.7 Å². The highest BCUT2D eigenvalue weighted by molar-refractivity contribution is 9.10. The summed E-state index contributed by atoms with van der Waals surface area (Å²) in [6, 6.07) is 16.2. The molecule has 5 heteroatoms. The summed E-state index contributed by atoms with van der Waals surface area (Å²) in [5.74, 6) is 0.793. The van der Waals surface area contributed by atoms with Gasteiger partial charge in [0, 0.05) is 10.2 Å². The van der Waals surface area contributed by atoms with Crippen molar-refractivity contribution in [2.24, 2.45) is 15.9 Å². The summed E-state index contributed by atoms with van der Waals surface area (Å²) in [7, 11) is 0. The SMILES string of the molecule is Cc1cc(Br)cc(C=NN=C(N)SCc2ccccc2)c1. The van der Waals surface area contributed by atoms with Crippen molar-refractivity contribution in [1.29, 1.82) is 0 Å². The van der Waals surface area contributed by atoms with Gasteiger partial charge in [0.2, 0.25) is 0 Å². The topological polar surface area (TPSA) is 50.7 Å². The van der Waals surface area contributed by atoms with E-state index < -0.39 is 0 Å². The molecule has 0 radical (unpaired) electrons. The van der Waals surface area contributed by atoms with Crippen molar-refractivity contribution in [2.45, 2.75) is 12.7 Å². The van der Waals surface area contributed by atoms with Crippen LogP contribution in [0.2, 0.25) is 0 Å². The fraction of sp³-hybridized carbons (Fsp3) is 0.125. The number of halogens is 1. The van der Waals surface area contributed by atoms with E-state index in [1.807, 2.05) is 43.3 Å². The molecule has 2 aromatic rings. The van der Waals surface area contributed by atoms with Crippen LogP contribution in [0.5, 0.6) is 0 Å². The number of rotatable bonds is 4. The van der Waals surface area contributed by atoms with Crippen molar-refractivity contribution in [3.8, 4) is 0 Å². The maximum Gasteiger partial charge on any atom is 0.180 e. The highest BCUT2D eigenvalue weighted by atomic mass is 79.9. The normalized spacial score (nSPS) is 12.0. The highest BCUT2D eigenvalue weighted by Gasteiger charge is 1.96. The van der Waals surface area contributed by atoms with Crippen molar-refractivity contribution in [3.63, 3.8) is 0 Å². The molecule has 0 saturated heterocycles. The first kappa shape index (κ1) is 15.8. The van der Waals surface area contributed by atoms with E-state index in [1.54, 1.807) is 6.21 Å². The average molecular weight is 362 g/mol. The zero-order chi connectivity index (χ0) is 15.1. The van der Waals surface area contributed by atoms with Gasteiger partial charge in [0.25, 0.3) is 0 Å². The number of nitrogens with two attached hydrogens (primary N) is 1. The highest BCUT2D eigenvalue weighted by Crippen LogP contribution is 2.14. The summed E-state index contributed by atoms with van der Waals surface area (Å²) >= 11 is 4.93. The summed E-state index contributed by atoms with van der Waals surface area (Å²) in [5, 5.41) is 8.50. The fourth-order valence-corrected chi connectivity index (χ4v) is 2.99. The van der Waals surface area contributed by atoms with Crippen molar-refractivity contribution < 1.29 is 0 Å². The second-order valence-electron chi connectivity index (χ2n) is 4.52. The molecule has 0 aliphatic rings. The predicted octanol–water partition coefficient (Wildman–Crippen LogP) is 4.34. The van der Waals surface area contributed by atoms with Crippen molar-refractivity contribution in [3.05, 3.63) is 69.7 Å². The van der Waals surface area contributed by atoms with Crippen LogP contribution in [0.3, 0.4) is 0 Å². The molecular formula is C16H16BrN3S. The molecule has 2 N–H and O–H groups in total. The maximum atomic E-state index is 5.84. The molecule has 0 spiro atoms. The molecule has 0 heterocycles. The lowest BCUT2D eigenvalue weighted by Gasteiger charge is -1.99. The van der Waals surface area contributed by atoms with E-state index in [4.69, 9.17) is 5.73 Å². The molecule has 2 aromatic carbocycles. The Bertz CT molecular complexity index is 634. The van der Waals surface area contributed by atoms with Gasteiger partial charge in [0.1, 0.15) is 0 Å². The van der Waals surface area contributed by atoms with Crippen LogP contribution in [-0.2, 0) is 5.75 Å². The number of benzene rings is 2. The number of amidine groups is 1. The largest absolute Gasteiger partial charge is 0.377 e.